The number of para-hydroxylation sites is 1. The van der Waals surface area contributed by atoms with Crippen molar-refractivity contribution in [2.75, 3.05) is 5.32 Å². The van der Waals surface area contributed by atoms with Crippen molar-refractivity contribution in [3.63, 3.8) is 0 Å². The molecule has 0 aliphatic heterocycles. The molecule has 3 aromatic carbocycles. The molecule has 1 N–H and O–H groups in total. The van der Waals surface area contributed by atoms with E-state index in [1.165, 1.54) is 0 Å². The fraction of sp³-hybridized carbons (Fsp3) is 0.115. The van der Waals surface area contributed by atoms with Gasteiger partial charge in [-0.2, -0.15) is 0 Å². The van der Waals surface area contributed by atoms with Crippen molar-refractivity contribution < 1.29 is 9.21 Å². The Hall–Kier alpha value is -4.19. The van der Waals surface area contributed by atoms with Crippen LogP contribution in [0.25, 0.3) is 33.8 Å². The molecule has 0 radical (unpaired) electrons. The predicted molar refractivity (Wildman–Crippen MR) is 125 cm³/mol. The Morgan fingerprint density at radius 3 is 2.50 bits per heavy atom. The molecule has 0 unspecified atom stereocenters. The van der Waals surface area contributed by atoms with Crippen LogP contribution in [0.1, 0.15) is 11.1 Å². The Morgan fingerprint density at radius 2 is 1.69 bits per heavy atom. The molecule has 0 spiro atoms. The van der Waals surface area contributed by atoms with Crippen LogP contribution in [0.4, 0.5) is 5.69 Å². The fourth-order valence-electron chi connectivity index (χ4n) is 3.88. The lowest BCUT2D eigenvalue weighted by Crippen LogP contribution is -2.18. The molecule has 0 bridgehead atoms. The number of aromatic nitrogens is 3. The van der Waals surface area contributed by atoms with Crippen molar-refractivity contribution in [1.29, 1.82) is 0 Å². The van der Waals surface area contributed by atoms with Gasteiger partial charge in [0.05, 0.1) is 5.56 Å². The van der Waals surface area contributed by atoms with Crippen LogP contribution in [0.3, 0.4) is 0 Å². The number of hydrogen-bond donors (Lipinski definition) is 1. The van der Waals surface area contributed by atoms with Gasteiger partial charge in [0.15, 0.2) is 0 Å². The number of fused-ring (bicyclic) bond motifs is 1. The van der Waals surface area contributed by atoms with E-state index in [9.17, 15) is 4.79 Å². The maximum Gasteiger partial charge on any atom is 0.250 e. The zero-order valence-electron chi connectivity index (χ0n) is 17.9. The van der Waals surface area contributed by atoms with Gasteiger partial charge < -0.3 is 14.3 Å². The number of benzene rings is 3. The Labute approximate surface area is 185 Å². The molecular weight excluding hydrogens is 400 g/mol. The Bertz CT molecular complexity index is 1420. The highest BCUT2D eigenvalue weighted by Gasteiger charge is 2.18. The summed E-state index contributed by atoms with van der Waals surface area (Å²) >= 11 is 0. The number of anilines is 1. The minimum Gasteiger partial charge on any atom is -0.416 e. The van der Waals surface area contributed by atoms with E-state index in [2.05, 4.69) is 21.6 Å². The number of carbonyl (C=O) groups excluding carboxylic acids is 1. The van der Waals surface area contributed by atoms with E-state index in [1.54, 1.807) is 0 Å². The summed E-state index contributed by atoms with van der Waals surface area (Å²) in [5.41, 5.74) is 5.61. The summed E-state index contributed by atoms with van der Waals surface area (Å²) in [7, 11) is 0. The van der Waals surface area contributed by atoms with Crippen LogP contribution in [0.2, 0.25) is 0 Å². The molecule has 5 aromatic rings. The van der Waals surface area contributed by atoms with Crippen LogP contribution >= 0.6 is 0 Å². The van der Waals surface area contributed by atoms with Crippen molar-refractivity contribution >= 4 is 22.5 Å². The van der Waals surface area contributed by atoms with Gasteiger partial charge in [0.25, 0.3) is 0 Å². The van der Waals surface area contributed by atoms with Gasteiger partial charge in [0, 0.05) is 28.4 Å². The van der Waals surface area contributed by atoms with E-state index >= 15 is 0 Å². The molecule has 6 nitrogen and oxygen atoms in total. The van der Waals surface area contributed by atoms with Gasteiger partial charge in [-0.1, -0.05) is 54.1 Å². The number of carbonyl (C=O) groups is 1. The summed E-state index contributed by atoms with van der Waals surface area (Å²) in [5.74, 6) is 0.790. The average molecular weight is 422 g/mol. The predicted octanol–water partition coefficient (Wildman–Crippen LogP) is 5.61. The van der Waals surface area contributed by atoms with E-state index < -0.39 is 0 Å². The number of amides is 1. The molecule has 0 aliphatic rings. The molecule has 6 heteroatoms. The van der Waals surface area contributed by atoms with E-state index in [1.807, 2.05) is 91.3 Å². The monoisotopic (exact) mass is 422 g/mol. The lowest BCUT2D eigenvalue weighted by atomic mass is 10.1. The summed E-state index contributed by atoms with van der Waals surface area (Å²) in [5, 5.41) is 12.4. The molecule has 5 rings (SSSR count). The lowest BCUT2D eigenvalue weighted by Gasteiger charge is -2.10. The summed E-state index contributed by atoms with van der Waals surface area (Å²) in [6.07, 6.45) is 1.90. The van der Waals surface area contributed by atoms with Gasteiger partial charge in [-0.3, -0.25) is 4.79 Å². The third-order valence-electron chi connectivity index (χ3n) is 5.43. The molecule has 0 fully saturated rings. The third kappa shape index (κ3) is 3.78. The highest BCUT2D eigenvalue weighted by atomic mass is 16.4. The topological polar surface area (TPSA) is 73.0 Å². The first-order valence-electron chi connectivity index (χ1n) is 10.4. The zero-order chi connectivity index (χ0) is 22.1. The normalized spacial score (nSPS) is 11.1. The maximum atomic E-state index is 12.8. The number of nitrogens with zero attached hydrogens (tertiary/aromatic N) is 3. The summed E-state index contributed by atoms with van der Waals surface area (Å²) in [6.45, 7) is 4.20. The van der Waals surface area contributed by atoms with Gasteiger partial charge in [0.2, 0.25) is 17.7 Å². The molecule has 158 valence electrons. The Morgan fingerprint density at radius 1 is 0.938 bits per heavy atom. The van der Waals surface area contributed by atoms with Gasteiger partial charge in [-0.25, -0.2) is 0 Å². The standard InChI is InChI=1S/C26H22N4O2/c1-17-12-13-22(18(2)14-17)27-24(31)16-30-15-21(20-10-6-7-11-23(20)30)26-29-28-25(32-26)19-8-4-3-5-9-19/h3-15H,16H2,1-2H3,(H,27,31). The molecular formula is C26H22N4O2. The molecule has 0 saturated heterocycles. The Kier molecular flexibility index (Phi) is 5.03. The average Bonchev–Trinajstić information content (AvgIpc) is 3.42. The fourth-order valence-corrected chi connectivity index (χ4v) is 3.88. The van der Waals surface area contributed by atoms with E-state index in [0.717, 1.165) is 38.8 Å². The van der Waals surface area contributed by atoms with Gasteiger partial charge in [-0.15, -0.1) is 10.2 Å². The molecule has 0 saturated carbocycles. The first-order chi connectivity index (χ1) is 15.6. The van der Waals surface area contributed by atoms with Crippen LogP contribution in [0.15, 0.2) is 83.4 Å². The highest BCUT2D eigenvalue weighted by molar-refractivity contribution is 5.97. The van der Waals surface area contributed by atoms with Gasteiger partial charge >= 0.3 is 0 Å². The number of aryl methyl sites for hydroxylation is 2. The smallest absolute Gasteiger partial charge is 0.250 e. The van der Waals surface area contributed by atoms with Crippen LogP contribution in [-0.2, 0) is 11.3 Å². The zero-order valence-corrected chi connectivity index (χ0v) is 17.9. The molecule has 0 aliphatic carbocycles. The minimum atomic E-state index is -0.0974. The Balaban J connectivity index is 1.46. The number of nitrogens with one attached hydrogen (secondary N) is 1. The number of rotatable bonds is 5. The second kappa shape index (κ2) is 8.15. The maximum absolute atomic E-state index is 12.8. The summed E-state index contributed by atoms with van der Waals surface area (Å²) in [4.78, 5) is 12.8. The number of hydrogen-bond acceptors (Lipinski definition) is 4. The lowest BCUT2D eigenvalue weighted by molar-refractivity contribution is -0.116. The van der Waals surface area contributed by atoms with Crippen LogP contribution < -0.4 is 5.32 Å². The van der Waals surface area contributed by atoms with Crippen molar-refractivity contribution in [3.05, 3.63) is 90.1 Å². The second-order valence-corrected chi connectivity index (χ2v) is 7.83. The molecule has 0 atom stereocenters. The van der Waals surface area contributed by atoms with Crippen molar-refractivity contribution in [2.24, 2.45) is 0 Å². The van der Waals surface area contributed by atoms with Crippen LogP contribution in [0, 0.1) is 13.8 Å². The summed E-state index contributed by atoms with van der Waals surface area (Å²) in [6, 6.07) is 23.5. The van der Waals surface area contributed by atoms with E-state index in [4.69, 9.17) is 4.42 Å². The molecule has 2 heterocycles. The third-order valence-corrected chi connectivity index (χ3v) is 5.43. The molecule has 2 aromatic heterocycles. The van der Waals surface area contributed by atoms with Gasteiger partial charge in [-0.05, 0) is 43.7 Å². The first kappa shape index (κ1) is 19.8. The summed E-state index contributed by atoms with van der Waals surface area (Å²) < 4.78 is 7.88. The largest absolute Gasteiger partial charge is 0.416 e. The van der Waals surface area contributed by atoms with Crippen LogP contribution in [-0.4, -0.2) is 20.7 Å². The quantitative estimate of drug-likeness (QED) is 0.399. The second-order valence-electron chi connectivity index (χ2n) is 7.83. The minimum absolute atomic E-state index is 0.0974. The van der Waals surface area contributed by atoms with Crippen molar-refractivity contribution in [2.45, 2.75) is 20.4 Å². The van der Waals surface area contributed by atoms with Gasteiger partial charge in [0.1, 0.15) is 6.54 Å². The highest BCUT2D eigenvalue weighted by Crippen LogP contribution is 2.31. The van der Waals surface area contributed by atoms with Crippen LogP contribution in [0.5, 0.6) is 0 Å². The van der Waals surface area contributed by atoms with E-state index in [0.29, 0.717) is 11.8 Å². The first-order valence-corrected chi connectivity index (χ1v) is 10.4. The molecule has 32 heavy (non-hydrogen) atoms. The van der Waals surface area contributed by atoms with Crippen molar-refractivity contribution in [3.8, 4) is 22.9 Å². The SMILES string of the molecule is Cc1ccc(NC(=O)Cn2cc(-c3nnc(-c4ccccc4)o3)c3ccccc32)c(C)c1. The van der Waals surface area contributed by atoms with E-state index in [-0.39, 0.29) is 12.5 Å². The molecule has 1 amide bonds. The van der Waals surface area contributed by atoms with Crippen molar-refractivity contribution in [1.82, 2.24) is 14.8 Å².